The number of methoxy groups -OCH3 is 2. The number of morpholine rings is 1. The Morgan fingerprint density at radius 3 is 2.47 bits per heavy atom. The highest BCUT2D eigenvalue weighted by Gasteiger charge is 2.25. The van der Waals surface area contributed by atoms with E-state index in [0.717, 1.165) is 11.3 Å². The zero-order valence-corrected chi connectivity index (χ0v) is 20.2. The summed E-state index contributed by atoms with van der Waals surface area (Å²) >= 11 is 0. The molecular formula is C25H32N4O5. The average molecular weight is 469 g/mol. The summed E-state index contributed by atoms with van der Waals surface area (Å²) in [4.78, 5) is 25.7. The number of carbonyl (C=O) groups is 2. The SMILES string of the molecule is CNC(=O)NC(C)Cc1cc(OC)c(OC)cc1C(=N)c1ccc(N2CC(C)OCC2=O)cc1. The summed E-state index contributed by atoms with van der Waals surface area (Å²) in [6.45, 7) is 4.39. The first-order valence-corrected chi connectivity index (χ1v) is 11.1. The maximum Gasteiger partial charge on any atom is 0.314 e. The van der Waals surface area contributed by atoms with E-state index in [1.165, 1.54) is 0 Å². The van der Waals surface area contributed by atoms with Crippen molar-refractivity contribution in [3.05, 3.63) is 53.1 Å². The molecule has 3 N–H and O–H groups in total. The molecule has 0 aliphatic carbocycles. The number of nitrogens with zero attached hydrogens (tertiary/aromatic N) is 1. The first kappa shape index (κ1) is 25.0. The lowest BCUT2D eigenvalue weighted by atomic mass is 9.93. The first-order chi connectivity index (χ1) is 16.3. The van der Waals surface area contributed by atoms with Crippen molar-refractivity contribution in [2.45, 2.75) is 32.4 Å². The van der Waals surface area contributed by atoms with Gasteiger partial charge in [0, 0.05) is 29.9 Å². The van der Waals surface area contributed by atoms with Crippen LogP contribution in [0, 0.1) is 5.41 Å². The summed E-state index contributed by atoms with van der Waals surface area (Å²) in [5, 5.41) is 14.3. The minimum absolute atomic E-state index is 0.0320. The van der Waals surface area contributed by atoms with Gasteiger partial charge in [-0.3, -0.25) is 10.2 Å². The lowest BCUT2D eigenvalue weighted by Crippen LogP contribution is -2.45. The van der Waals surface area contributed by atoms with Gasteiger partial charge in [0.15, 0.2) is 11.5 Å². The number of carbonyl (C=O) groups excluding carboxylic acids is 2. The number of hydrogen-bond acceptors (Lipinski definition) is 6. The van der Waals surface area contributed by atoms with Crippen molar-refractivity contribution in [2.24, 2.45) is 0 Å². The molecule has 1 aliphatic rings. The summed E-state index contributed by atoms with van der Waals surface area (Å²) in [5.74, 6) is 0.986. The predicted octanol–water partition coefficient (Wildman–Crippen LogP) is 2.73. The normalized spacial score (nSPS) is 16.6. The Bertz CT molecular complexity index is 1050. The first-order valence-electron chi connectivity index (χ1n) is 11.1. The van der Waals surface area contributed by atoms with Gasteiger partial charge in [-0.25, -0.2) is 4.79 Å². The fourth-order valence-electron chi connectivity index (χ4n) is 3.92. The van der Waals surface area contributed by atoms with E-state index in [-0.39, 0.29) is 30.7 Å². The third-order valence-electron chi connectivity index (χ3n) is 5.71. The summed E-state index contributed by atoms with van der Waals surface area (Å²) in [6, 6.07) is 10.5. The number of hydrogen-bond donors (Lipinski definition) is 3. The molecule has 0 saturated carbocycles. The van der Waals surface area contributed by atoms with E-state index in [4.69, 9.17) is 19.6 Å². The van der Waals surface area contributed by atoms with Gasteiger partial charge in [0.05, 0.1) is 32.6 Å². The predicted molar refractivity (Wildman–Crippen MR) is 130 cm³/mol. The third kappa shape index (κ3) is 5.66. The molecule has 1 aliphatic heterocycles. The molecule has 2 aromatic carbocycles. The number of ether oxygens (including phenoxy) is 3. The van der Waals surface area contributed by atoms with Crippen LogP contribution in [-0.4, -0.2) is 64.2 Å². The molecule has 1 fully saturated rings. The number of nitrogens with one attached hydrogen (secondary N) is 3. The van der Waals surface area contributed by atoms with E-state index in [9.17, 15) is 9.59 Å². The topological polar surface area (TPSA) is 113 Å². The monoisotopic (exact) mass is 468 g/mol. The maximum atomic E-state index is 12.3. The summed E-state index contributed by atoms with van der Waals surface area (Å²) < 4.78 is 16.3. The van der Waals surface area contributed by atoms with Crippen LogP contribution >= 0.6 is 0 Å². The highest BCUT2D eigenvalue weighted by Crippen LogP contribution is 2.32. The molecule has 0 spiro atoms. The van der Waals surface area contributed by atoms with Gasteiger partial charge < -0.3 is 29.7 Å². The van der Waals surface area contributed by atoms with Crippen LogP contribution in [0.2, 0.25) is 0 Å². The van der Waals surface area contributed by atoms with Crippen molar-refractivity contribution in [1.82, 2.24) is 10.6 Å². The molecule has 1 heterocycles. The van der Waals surface area contributed by atoms with Crippen molar-refractivity contribution in [3.63, 3.8) is 0 Å². The number of anilines is 1. The van der Waals surface area contributed by atoms with Crippen LogP contribution in [0.1, 0.15) is 30.5 Å². The number of rotatable bonds is 8. The fraction of sp³-hybridized carbons (Fsp3) is 0.400. The third-order valence-corrected chi connectivity index (χ3v) is 5.71. The lowest BCUT2D eigenvalue weighted by Gasteiger charge is -2.31. The van der Waals surface area contributed by atoms with E-state index in [2.05, 4.69) is 10.6 Å². The van der Waals surface area contributed by atoms with E-state index in [1.54, 1.807) is 32.2 Å². The Balaban J connectivity index is 1.91. The van der Waals surface area contributed by atoms with Gasteiger partial charge in [-0.1, -0.05) is 12.1 Å². The second-order valence-corrected chi connectivity index (χ2v) is 8.24. The van der Waals surface area contributed by atoms with Gasteiger partial charge >= 0.3 is 6.03 Å². The van der Waals surface area contributed by atoms with Gasteiger partial charge in [-0.15, -0.1) is 0 Å². The molecule has 9 heteroatoms. The zero-order chi connectivity index (χ0) is 24.8. The number of urea groups is 1. The Morgan fingerprint density at radius 2 is 1.85 bits per heavy atom. The van der Waals surface area contributed by atoms with Crippen molar-refractivity contribution in [1.29, 1.82) is 5.41 Å². The van der Waals surface area contributed by atoms with Gasteiger partial charge in [0.2, 0.25) is 0 Å². The highest BCUT2D eigenvalue weighted by molar-refractivity contribution is 6.12. The second kappa shape index (κ2) is 11.0. The molecule has 34 heavy (non-hydrogen) atoms. The van der Waals surface area contributed by atoms with Crippen LogP contribution in [-0.2, 0) is 16.0 Å². The Hall–Kier alpha value is -3.59. The van der Waals surface area contributed by atoms with Crippen LogP contribution < -0.4 is 25.0 Å². The van der Waals surface area contributed by atoms with Crippen LogP contribution in [0.25, 0.3) is 0 Å². The second-order valence-electron chi connectivity index (χ2n) is 8.24. The molecule has 3 amide bonds. The minimum Gasteiger partial charge on any atom is -0.493 e. The minimum atomic E-state index is -0.271. The molecule has 182 valence electrons. The van der Waals surface area contributed by atoms with Crippen molar-refractivity contribution in [2.75, 3.05) is 39.3 Å². The molecule has 2 aromatic rings. The Labute approximate surface area is 199 Å². The molecule has 0 aromatic heterocycles. The van der Waals surface area contributed by atoms with Crippen LogP contribution in [0.15, 0.2) is 36.4 Å². The van der Waals surface area contributed by atoms with Gasteiger partial charge in [-0.2, -0.15) is 0 Å². The van der Waals surface area contributed by atoms with E-state index >= 15 is 0 Å². The quantitative estimate of drug-likeness (QED) is 0.516. The van der Waals surface area contributed by atoms with Crippen molar-refractivity contribution < 1.29 is 23.8 Å². The highest BCUT2D eigenvalue weighted by atomic mass is 16.5. The Morgan fingerprint density at radius 1 is 1.21 bits per heavy atom. The molecule has 0 radical (unpaired) electrons. The maximum absolute atomic E-state index is 12.3. The van der Waals surface area contributed by atoms with Crippen LogP contribution in [0.4, 0.5) is 10.5 Å². The van der Waals surface area contributed by atoms with Crippen LogP contribution in [0.3, 0.4) is 0 Å². The molecule has 3 rings (SSSR count). The largest absolute Gasteiger partial charge is 0.493 e. The van der Waals surface area contributed by atoms with E-state index in [0.29, 0.717) is 41.3 Å². The van der Waals surface area contributed by atoms with E-state index < -0.39 is 0 Å². The van der Waals surface area contributed by atoms with Gasteiger partial charge in [0.25, 0.3) is 5.91 Å². The van der Waals surface area contributed by atoms with Gasteiger partial charge in [0.1, 0.15) is 6.61 Å². The summed E-state index contributed by atoms with van der Waals surface area (Å²) in [5.41, 5.74) is 3.28. The number of benzene rings is 2. The molecule has 2 atom stereocenters. The summed E-state index contributed by atoms with van der Waals surface area (Å²) in [7, 11) is 4.68. The molecule has 9 nitrogen and oxygen atoms in total. The van der Waals surface area contributed by atoms with Crippen molar-refractivity contribution in [3.8, 4) is 11.5 Å². The average Bonchev–Trinajstić information content (AvgIpc) is 2.84. The standard InChI is InChI=1S/C25H32N4O5/c1-15(28-25(31)27-3)10-18-11-21(32-4)22(33-5)12-20(18)24(26)17-6-8-19(9-7-17)29-13-16(2)34-14-23(29)30/h6-9,11-12,15-16,26H,10,13-14H2,1-5H3,(H2,27,28,31). The number of amides is 3. The fourth-order valence-corrected chi connectivity index (χ4v) is 3.92. The smallest absolute Gasteiger partial charge is 0.314 e. The van der Waals surface area contributed by atoms with E-state index in [1.807, 2.05) is 44.2 Å². The molecular weight excluding hydrogens is 436 g/mol. The van der Waals surface area contributed by atoms with Crippen LogP contribution in [0.5, 0.6) is 11.5 Å². The molecule has 0 bridgehead atoms. The molecule has 2 unspecified atom stereocenters. The van der Waals surface area contributed by atoms with Gasteiger partial charge in [-0.05, 0) is 50.1 Å². The summed E-state index contributed by atoms with van der Waals surface area (Å²) in [6.07, 6.45) is 0.458. The Kier molecular flexibility index (Phi) is 8.12. The van der Waals surface area contributed by atoms with Crippen molar-refractivity contribution >= 4 is 23.3 Å². The molecule has 1 saturated heterocycles. The zero-order valence-electron chi connectivity index (χ0n) is 20.2. The lowest BCUT2D eigenvalue weighted by molar-refractivity contribution is -0.128.